The lowest BCUT2D eigenvalue weighted by molar-refractivity contribution is -0.228. The molecule has 2 fully saturated rings. The molecule has 0 unspecified atom stereocenters. The molecule has 0 spiro atoms. The molecule has 2 aromatic rings. The van der Waals surface area contributed by atoms with Crippen molar-refractivity contribution >= 4 is 34.3 Å². The number of hydrogen-bond donors (Lipinski definition) is 8. The molecule has 0 radical (unpaired) electrons. The number of benzene rings is 2. The van der Waals surface area contributed by atoms with E-state index in [-0.39, 0.29) is 34.4 Å². The molecule has 260 valence electrons. The highest BCUT2D eigenvalue weighted by Gasteiger charge is 2.54. The summed E-state index contributed by atoms with van der Waals surface area (Å²) in [6.45, 7) is 6.38. The SMILES string of the molecule is CC(C)c1ccc2c(c1)/C(=C1/C(=O)N([C@H]3O[C@@H](CO)[C@H](O)[C@@H](O)[C@H]3O)c3ccc(C(C)C)cc31)C(=O)N2[C@H]1O[C@@H](CO)[C@H](O)[C@@H](O)[C@H]1O. The number of aliphatic hydroxyl groups is 8. The summed E-state index contributed by atoms with van der Waals surface area (Å²) in [6, 6.07) is 10.3. The lowest BCUT2D eigenvalue weighted by Gasteiger charge is -2.43. The third-order valence-corrected chi connectivity index (χ3v) is 9.79. The summed E-state index contributed by atoms with van der Waals surface area (Å²) < 4.78 is 11.6. The Morgan fingerprint density at radius 1 is 0.583 bits per heavy atom. The van der Waals surface area contributed by atoms with Gasteiger partial charge in [-0.25, -0.2) is 0 Å². The molecule has 2 aromatic carbocycles. The highest BCUT2D eigenvalue weighted by Crippen LogP contribution is 2.50. The number of hydrogen-bond acceptors (Lipinski definition) is 12. The van der Waals surface area contributed by atoms with Crippen molar-refractivity contribution in [1.29, 1.82) is 0 Å². The minimum Gasteiger partial charge on any atom is -0.394 e. The van der Waals surface area contributed by atoms with Crippen LogP contribution in [0.15, 0.2) is 36.4 Å². The molecule has 10 atom stereocenters. The van der Waals surface area contributed by atoms with E-state index in [4.69, 9.17) is 9.47 Å². The Labute approximate surface area is 276 Å². The molecule has 0 saturated carbocycles. The predicted molar refractivity (Wildman–Crippen MR) is 170 cm³/mol. The third kappa shape index (κ3) is 5.28. The van der Waals surface area contributed by atoms with Gasteiger partial charge in [0.15, 0.2) is 12.5 Å². The van der Waals surface area contributed by atoms with Crippen molar-refractivity contribution in [2.24, 2.45) is 0 Å². The molecule has 0 aliphatic carbocycles. The first-order valence-electron chi connectivity index (χ1n) is 16.0. The second-order valence-corrected chi connectivity index (χ2v) is 13.4. The summed E-state index contributed by atoms with van der Waals surface area (Å²) in [4.78, 5) is 31.6. The second-order valence-electron chi connectivity index (χ2n) is 13.4. The van der Waals surface area contributed by atoms with Crippen LogP contribution in [-0.2, 0) is 19.1 Å². The maximum Gasteiger partial charge on any atom is 0.262 e. The fourth-order valence-electron chi connectivity index (χ4n) is 6.92. The van der Waals surface area contributed by atoms with Gasteiger partial charge in [0, 0.05) is 11.1 Å². The van der Waals surface area contributed by atoms with Gasteiger partial charge in [-0.05, 0) is 47.2 Å². The van der Waals surface area contributed by atoms with Crippen LogP contribution in [0, 0.1) is 0 Å². The van der Waals surface area contributed by atoms with E-state index >= 15 is 0 Å². The molecule has 14 nitrogen and oxygen atoms in total. The van der Waals surface area contributed by atoms with Crippen LogP contribution in [0.4, 0.5) is 11.4 Å². The van der Waals surface area contributed by atoms with Crippen molar-refractivity contribution < 1.29 is 59.9 Å². The Morgan fingerprint density at radius 2 is 0.938 bits per heavy atom. The minimum absolute atomic E-state index is 0.00249. The molecular weight excluding hydrogens is 628 g/mol. The molecule has 48 heavy (non-hydrogen) atoms. The Bertz CT molecular complexity index is 1510. The number of anilines is 2. The Morgan fingerprint density at radius 3 is 1.25 bits per heavy atom. The summed E-state index contributed by atoms with van der Waals surface area (Å²) in [5, 5.41) is 83.8. The van der Waals surface area contributed by atoms with Crippen molar-refractivity contribution in [3.05, 3.63) is 58.7 Å². The molecule has 14 heteroatoms. The third-order valence-electron chi connectivity index (χ3n) is 9.79. The van der Waals surface area contributed by atoms with Crippen molar-refractivity contribution in [2.75, 3.05) is 23.0 Å². The molecule has 4 heterocycles. The summed E-state index contributed by atoms with van der Waals surface area (Å²) in [6.07, 6.45) is -16.2. The number of nitrogens with zero attached hydrogens (tertiary/aromatic N) is 2. The van der Waals surface area contributed by atoms with Gasteiger partial charge in [-0.15, -0.1) is 0 Å². The predicted octanol–water partition coefficient (Wildman–Crippen LogP) is -0.863. The number of rotatable bonds is 6. The van der Waals surface area contributed by atoms with Gasteiger partial charge in [-0.3, -0.25) is 19.4 Å². The van der Waals surface area contributed by atoms with Gasteiger partial charge >= 0.3 is 0 Å². The van der Waals surface area contributed by atoms with Crippen molar-refractivity contribution in [2.45, 2.75) is 101 Å². The van der Waals surface area contributed by atoms with E-state index in [1.807, 2.05) is 27.7 Å². The highest BCUT2D eigenvalue weighted by molar-refractivity contribution is 6.50. The van der Waals surface area contributed by atoms with Crippen LogP contribution in [0.1, 0.15) is 61.8 Å². The van der Waals surface area contributed by atoms with Crippen LogP contribution in [0.5, 0.6) is 0 Å². The minimum atomic E-state index is -1.79. The van der Waals surface area contributed by atoms with Crippen molar-refractivity contribution in [1.82, 2.24) is 0 Å². The molecule has 8 N–H and O–H groups in total. The van der Waals surface area contributed by atoms with Crippen LogP contribution >= 0.6 is 0 Å². The van der Waals surface area contributed by atoms with Gasteiger partial charge in [-0.2, -0.15) is 0 Å². The van der Waals surface area contributed by atoms with Crippen LogP contribution < -0.4 is 9.80 Å². The maximum atomic E-state index is 14.7. The number of carbonyl (C=O) groups excluding carboxylic acids is 2. The molecule has 2 amide bonds. The first kappa shape index (κ1) is 34.6. The first-order chi connectivity index (χ1) is 22.7. The summed E-state index contributed by atoms with van der Waals surface area (Å²) in [5.74, 6) is -1.53. The van der Waals surface area contributed by atoms with E-state index in [9.17, 15) is 50.4 Å². The van der Waals surface area contributed by atoms with Crippen LogP contribution in [-0.4, -0.2) is 127 Å². The zero-order valence-electron chi connectivity index (χ0n) is 26.9. The summed E-state index contributed by atoms with van der Waals surface area (Å²) in [7, 11) is 0. The molecule has 0 bridgehead atoms. The Balaban J connectivity index is 1.57. The largest absolute Gasteiger partial charge is 0.394 e. The maximum absolute atomic E-state index is 14.7. The number of aliphatic hydroxyl groups excluding tert-OH is 8. The zero-order chi connectivity index (χ0) is 34.9. The fraction of sp³-hybridized carbons (Fsp3) is 0.529. The average molecular weight is 671 g/mol. The van der Waals surface area contributed by atoms with Crippen LogP contribution in [0.2, 0.25) is 0 Å². The molecule has 0 aromatic heterocycles. The van der Waals surface area contributed by atoms with E-state index < -0.39 is 86.3 Å². The van der Waals surface area contributed by atoms with E-state index in [1.54, 1.807) is 36.4 Å². The highest BCUT2D eigenvalue weighted by atomic mass is 16.6. The molecule has 4 aliphatic rings. The fourth-order valence-corrected chi connectivity index (χ4v) is 6.92. The van der Waals surface area contributed by atoms with Gasteiger partial charge in [0.1, 0.15) is 48.8 Å². The Kier molecular flexibility index (Phi) is 9.28. The van der Waals surface area contributed by atoms with E-state index in [0.29, 0.717) is 11.1 Å². The first-order valence-corrected chi connectivity index (χ1v) is 16.0. The Hall–Kier alpha value is -3.28. The van der Waals surface area contributed by atoms with Crippen molar-refractivity contribution in [3.63, 3.8) is 0 Å². The van der Waals surface area contributed by atoms with Crippen molar-refractivity contribution in [3.8, 4) is 0 Å². The number of ether oxygens (including phenoxy) is 2. The lowest BCUT2D eigenvalue weighted by atomic mass is 9.91. The molecular formula is C34H42N2O12. The zero-order valence-corrected chi connectivity index (χ0v) is 26.9. The molecule has 6 rings (SSSR count). The standard InChI is InChI=1S/C34H42N2O12/c1-13(2)15-5-7-19-17(9-15)23(31(45)35(19)33-29(43)27(41)25(39)21(11-37)47-33)24-18-10-16(14(3)4)6-8-20(18)36(32(24)46)34-30(44)28(42)26(40)22(12-38)48-34/h5-10,13-14,21-22,25-30,33-34,37-44H,11-12H2,1-4H3/b24-23-/t21-,22-,25-,26-,27+,28+,29+,30+,33-,34-/m0/s1. The summed E-state index contributed by atoms with van der Waals surface area (Å²) in [5.41, 5.74) is 2.65. The number of amides is 2. The van der Waals surface area contributed by atoms with Gasteiger partial charge < -0.3 is 50.3 Å². The summed E-state index contributed by atoms with van der Waals surface area (Å²) >= 11 is 0. The van der Waals surface area contributed by atoms with Gasteiger partial charge in [-0.1, -0.05) is 39.8 Å². The number of fused-ring (bicyclic) bond motifs is 2. The van der Waals surface area contributed by atoms with E-state index in [0.717, 1.165) is 20.9 Å². The lowest BCUT2D eigenvalue weighted by Crippen LogP contribution is -2.64. The molecule has 2 saturated heterocycles. The monoisotopic (exact) mass is 670 g/mol. The topological polar surface area (TPSA) is 221 Å². The normalized spacial score (nSPS) is 35.2. The van der Waals surface area contributed by atoms with Crippen LogP contribution in [0.3, 0.4) is 0 Å². The smallest absolute Gasteiger partial charge is 0.262 e. The average Bonchev–Trinajstić information content (AvgIpc) is 3.50. The van der Waals surface area contributed by atoms with Gasteiger partial charge in [0.25, 0.3) is 11.8 Å². The van der Waals surface area contributed by atoms with Gasteiger partial charge in [0.05, 0.1) is 35.7 Å². The second kappa shape index (κ2) is 12.9. The van der Waals surface area contributed by atoms with E-state index in [2.05, 4.69) is 0 Å². The molecule has 4 aliphatic heterocycles. The van der Waals surface area contributed by atoms with E-state index in [1.165, 1.54) is 0 Å². The van der Waals surface area contributed by atoms with Crippen LogP contribution in [0.25, 0.3) is 11.1 Å². The number of carbonyl (C=O) groups is 2. The quantitative estimate of drug-likeness (QED) is 0.176. The van der Waals surface area contributed by atoms with Gasteiger partial charge in [0.2, 0.25) is 0 Å².